The molecule has 4 rings (SSSR count). The van der Waals surface area contributed by atoms with Crippen molar-refractivity contribution in [3.05, 3.63) is 95.1 Å². The van der Waals surface area contributed by atoms with Gasteiger partial charge in [-0.25, -0.2) is 4.79 Å². The largest absolute Gasteiger partial charge is 0.464 e. The Bertz CT molecular complexity index is 1260. The van der Waals surface area contributed by atoms with E-state index in [4.69, 9.17) is 4.74 Å². The Balaban J connectivity index is 1.48. The first-order valence-electron chi connectivity index (χ1n) is 12.6. The van der Waals surface area contributed by atoms with Crippen molar-refractivity contribution in [3.8, 4) is 0 Å². The molecule has 3 aromatic rings. The zero-order valence-corrected chi connectivity index (χ0v) is 21.4. The van der Waals surface area contributed by atoms with E-state index in [1.807, 2.05) is 36.4 Å². The third-order valence-electron chi connectivity index (χ3n) is 6.45. The number of rotatable bonds is 10. The van der Waals surface area contributed by atoms with Gasteiger partial charge in [-0.15, -0.1) is 0 Å². The van der Waals surface area contributed by atoms with E-state index in [1.54, 1.807) is 37.4 Å². The molecule has 0 radical (unpaired) electrons. The van der Waals surface area contributed by atoms with Gasteiger partial charge in [-0.1, -0.05) is 36.4 Å². The van der Waals surface area contributed by atoms with Crippen LogP contribution < -0.4 is 4.90 Å². The van der Waals surface area contributed by atoms with Gasteiger partial charge >= 0.3 is 5.97 Å². The number of carbonyl (C=O) groups excluding carboxylic acids is 3. The summed E-state index contributed by atoms with van der Waals surface area (Å²) >= 11 is 0. The molecule has 0 unspecified atom stereocenters. The number of amides is 2. The van der Waals surface area contributed by atoms with Gasteiger partial charge in [0.05, 0.1) is 23.4 Å². The molecule has 7 nitrogen and oxygen atoms in total. The number of benzene rings is 3. The third-order valence-corrected chi connectivity index (χ3v) is 6.45. The van der Waals surface area contributed by atoms with Crippen LogP contribution in [0.5, 0.6) is 0 Å². The van der Waals surface area contributed by atoms with Crippen LogP contribution >= 0.6 is 0 Å². The number of hydrogen-bond acceptors (Lipinski definition) is 6. The second-order valence-electron chi connectivity index (χ2n) is 8.69. The summed E-state index contributed by atoms with van der Waals surface area (Å²) in [6, 6.07) is 21.2. The molecule has 1 aliphatic rings. The first kappa shape index (κ1) is 25.8. The number of carbonyl (C=O) groups is 3. The lowest BCUT2D eigenvalue weighted by atomic mass is 10.0. The van der Waals surface area contributed by atoms with Gasteiger partial charge in [0.15, 0.2) is 0 Å². The molecule has 0 N–H and O–H groups in total. The van der Waals surface area contributed by atoms with E-state index in [-0.39, 0.29) is 13.0 Å². The fraction of sp³-hybridized carbons (Fsp3) is 0.267. The SMILES string of the molecule is CCOC(=O)[C@@H](Cc1ccc(N=Cc2ccc(N(CC)CC)cc2)cc1)N1C(=O)c2ccccc2C1=O. The van der Waals surface area contributed by atoms with Crippen molar-refractivity contribution in [2.75, 3.05) is 24.6 Å². The Labute approximate surface area is 217 Å². The van der Waals surface area contributed by atoms with Crippen LogP contribution in [0.2, 0.25) is 0 Å². The van der Waals surface area contributed by atoms with E-state index in [0.717, 1.165) is 34.8 Å². The minimum Gasteiger partial charge on any atom is -0.464 e. The summed E-state index contributed by atoms with van der Waals surface area (Å²) in [5.74, 6) is -1.56. The highest BCUT2D eigenvalue weighted by molar-refractivity contribution is 6.22. The van der Waals surface area contributed by atoms with Crippen molar-refractivity contribution in [3.63, 3.8) is 0 Å². The molecule has 3 aromatic carbocycles. The fourth-order valence-electron chi connectivity index (χ4n) is 4.46. The first-order chi connectivity index (χ1) is 18.0. The minimum atomic E-state index is -1.05. The van der Waals surface area contributed by atoms with Crippen LogP contribution in [0.15, 0.2) is 77.8 Å². The van der Waals surface area contributed by atoms with E-state index in [0.29, 0.717) is 11.1 Å². The number of aliphatic imine (C=N–C) groups is 1. The van der Waals surface area contributed by atoms with Crippen LogP contribution in [0.4, 0.5) is 11.4 Å². The molecule has 0 saturated heterocycles. The number of fused-ring (bicyclic) bond motifs is 1. The molecular weight excluding hydrogens is 466 g/mol. The Morgan fingerprint density at radius 1 is 0.892 bits per heavy atom. The van der Waals surface area contributed by atoms with Crippen LogP contribution in [-0.4, -0.2) is 54.6 Å². The van der Waals surface area contributed by atoms with Gasteiger partial charge in [0.25, 0.3) is 11.8 Å². The maximum Gasteiger partial charge on any atom is 0.329 e. The average molecular weight is 498 g/mol. The van der Waals surface area contributed by atoms with Crippen molar-refractivity contribution in [2.45, 2.75) is 33.2 Å². The van der Waals surface area contributed by atoms with E-state index in [2.05, 4.69) is 35.9 Å². The molecule has 0 bridgehead atoms. The van der Waals surface area contributed by atoms with Crippen molar-refractivity contribution >= 4 is 35.4 Å². The van der Waals surface area contributed by atoms with E-state index < -0.39 is 23.8 Å². The summed E-state index contributed by atoms with van der Waals surface area (Å²) in [5, 5.41) is 0. The predicted octanol–water partition coefficient (Wildman–Crippen LogP) is 5.05. The van der Waals surface area contributed by atoms with Crippen LogP contribution in [0.25, 0.3) is 0 Å². The lowest BCUT2D eigenvalue weighted by Crippen LogP contribution is -2.47. The predicted molar refractivity (Wildman–Crippen MR) is 145 cm³/mol. The second-order valence-corrected chi connectivity index (χ2v) is 8.69. The summed E-state index contributed by atoms with van der Waals surface area (Å²) in [6.07, 6.45) is 1.96. The van der Waals surface area contributed by atoms with E-state index >= 15 is 0 Å². The number of esters is 1. The van der Waals surface area contributed by atoms with Gasteiger partial charge < -0.3 is 9.64 Å². The molecule has 1 aliphatic heterocycles. The lowest BCUT2D eigenvalue weighted by Gasteiger charge is -2.24. The molecule has 37 heavy (non-hydrogen) atoms. The Hall–Kier alpha value is -4.26. The quantitative estimate of drug-likeness (QED) is 0.222. The number of hydrogen-bond donors (Lipinski definition) is 0. The molecule has 190 valence electrons. The molecule has 2 amide bonds. The smallest absolute Gasteiger partial charge is 0.329 e. The van der Waals surface area contributed by atoms with Crippen molar-refractivity contribution in [1.29, 1.82) is 0 Å². The molecule has 0 saturated carbocycles. The fourth-order valence-corrected chi connectivity index (χ4v) is 4.46. The van der Waals surface area contributed by atoms with Crippen molar-refractivity contribution < 1.29 is 19.1 Å². The van der Waals surface area contributed by atoms with Crippen LogP contribution in [-0.2, 0) is 16.0 Å². The molecule has 0 spiro atoms. The summed E-state index contributed by atoms with van der Waals surface area (Å²) in [5.41, 5.74) is 4.32. The van der Waals surface area contributed by atoms with Gasteiger partial charge in [0, 0.05) is 31.4 Å². The summed E-state index contributed by atoms with van der Waals surface area (Å²) in [4.78, 5) is 46.7. The molecule has 0 aliphatic carbocycles. The number of ether oxygens (including phenoxy) is 1. The van der Waals surface area contributed by atoms with E-state index in [1.165, 1.54) is 5.69 Å². The maximum absolute atomic E-state index is 13.0. The molecule has 0 fully saturated rings. The average Bonchev–Trinajstić information content (AvgIpc) is 3.18. The molecule has 7 heteroatoms. The van der Waals surface area contributed by atoms with Gasteiger partial charge in [-0.2, -0.15) is 0 Å². The lowest BCUT2D eigenvalue weighted by molar-refractivity contribution is -0.147. The van der Waals surface area contributed by atoms with Crippen molar-refractivity contribution in [1.82, 2.24) is 4.90 Å². The number of imide groups is 1. The Kier molecular flexibility index (Phi) is 8.13. The molecule has 1 heterocycles. The topological polar surface area (TPSA) is 79.3 Å². The molecular formula is C30H31N3O4. The van der Waals surface area contributed by atoms with Crippen LogP contribution in [0, 0.1) is 0 Å². The van der Waals surface area contributed by atoms with E-state index in [9.17, 15) is 14.4 Å². The summed E-state index contributed by atoms with van der Waals surface area (Å²) < 4.78 is 5.22. The van der Waals surface area contributed by atoms with Crippen molar-refractivity contribution in [2.24, 2.45) is 4.99 Å². The van der Waals surface area contributed by atoms with Gasteiger partial charge in [0.2, 0.25) is 0 Å². The van der Waals surface area contributed by atoms with Crippen LogP contribution in [0.1, 0.15) is 52.6 Å². The Morgan fingerprint density at radius 3 is 2.03 bits per heavy atom. The Morgan fingerprint density at radius 2 is 1.49 bits per heavy atom. The minimum absolute atomic E-state index is 0.154. The summed E-state index contributed by atoms with van der Waals surface area (Å²) in [6.45, 7) is 8.04. The number of anilines is 1. The first-order valence-corrected chi connectivity index (χ1v) is 12.6. The molecule has 1 atom stereocenters. The number of nitrogens with zero attached hydrogens (tertiary/aromatic N) is 3. The highest BCUT2D eigenvalue weighted by atomic mass is 16.5. The molecule has 0 aromatic heterocycles. The second kappa shape index (κ2) is 11.6. The van der Waals surface area contributed by atoms with Crippen LogP contribution in [0.3, 0.4) is 0 Å². The standard InChI is InChI=1S/C30H31N3O4/c1-4-32(5-2)24-17-13-22(14-18-24)20-31-23-15-11-21(12-16-23)19-27(30(36)37-6-3)33-28(34)25-9-7-8-10-26(25)29(33)35/h7-18,20,27H,4-6,19H2,1-3H3/t27-/m1/s1. The highest BCUT2D eigenvalue weighted by Gasteiger charge is 2.43. The zero-order valence-electron chi connectivity index (χ0n) is 21.4. The summed E-state index contributed by atoms with van der Waals surface area (Å²) in [7, 11) is 0. The highest BCUT2D eigenvalue weighted by Crippen LogP contribution is 2.27. The van der Waals surface area contributed by atoms with Gasteiger partial charge in [-0.3, -0.25) is 19.5 Å². The normalized spacial score (nSPS) is 13.6. The monoisotopic (exact) mass is 497 g/mol. The van der Waals surface area contributed by atoms with Gasteiger partial charge in [-0.05, 0) is 68.3 Å². The maximum atomic E-state index is 13.0. The third kappa shape index (κ3) is 5.61. The zero-order chi connectivity index (χ0) is 26.4. The van der Waals surface area contributed by atoms with Gasteiger partial charge in [0.1, 0.15) is 6.04 Å².